The van der Waals surface area contributed by atoms with E-state index in [9.17, 15) is 9.59 Å². The second kappa shape index (κ2) is 8.49. The molecule has 0 bridgehead atoms. The van der Waals surface area contributed by atoms with Crippen LogP contribution in [0.15, 0.2) is 18.3 Å². The topological polar surface area (TPSA) is 71.5 Å². The van der Waals surface area contributed by atoms with Gasteiger partial charge in [0.25, 0.3) is 0 Å². The maximum Gasteiger partial charge on any atom is 0.307 e. The molecule has 1 amide bonds. The summed E-state index contributed by atoms with van der Waals surface area (Å²) >= 11 is 1.77. The standard InChI is InChI=1S/C19H25N3O3S/c1-3-25-17(23)7-9-21-19(24)14-5-4-10-22(12-14)18-15-11-13(2)26-16(15)6-8-20-18/h6,8,11,14H,3-5,7,9-10,12H2,1-2H3,(H,21,24). The Morgan fingerprint density at radius 3 is 3.12 bits per heavy atom. The van der Waals surface area contributed by atoms with Gasteiger partial charge in [-0.15, -0.1) is 11.3 Å². The van der Waals surface area contributed by atoms with Crippen LogP contribution < -0.4 is 10.2 Å². The smallest absolute Gasteiger partial charge is 0.307 e. The van der Waals surface area contributed by atoms with Crippen LogP contribution in [-0.2, 0) is 14.3 Å². The summed E-state index contributed by atoms with van der Waals surface area (Å²) in [6.07, 6.45) is 3.87. The van der Waals surface area contributed by atoms with Crippen LogP contribution in [0.4, 0.5) is 5.82 Å². The molecule has 2 aromatic rings. The second-order valence-corrected chi connectivity index (χ2v) is 7.82. The van der Waals surface area contributed by atoms with E-state index in [2.05, 4.69) is 28.2 Å². The maximum atomic E-state index is 12.5. The van der Waals surface area contributed by atoms with Crippen LogP contribution in [0.3, 0.4) is 0 Å². The monoisotopic (exact) mass is 375 g/mol. The minimum atomic E-state index is -0.276. The highest BCUT2D eigenvalue weighted by atomic mass is 32.1. The lowest BCUT2D eigenvalue weighted by Crippen LogP contribution is -2.43. The number of piperidine rings is 1. The molecule has 1 atom stereocenters. The Hall–Kier alpha value is -2.15. The van der Waals surface area contributed by atoms with E-state index in [1.54, 1.807) is 18.3 Å². The zero-order chi connectivity index (χ0) is 18.5. The molecule has 1 aliphatic rings. The van der Waals surface area contributed by atoms with Gasteiger partial charge in [-0.1, -0.05) is 0 Å². The van der Waals surface area contributed by atoms with E-state index in [1.165, 1.54) is 15.0 Å². The zero-order valence-electron chi connectivity index (χ0n) is 15.3. The van der Waals surface area contributed by atoms with Crippen molar-refractivity contribution < 1.29 is 14.3 Å². The maximum absolute atomic E-state index is 12.5. The fourth-order valence-electron chi connectivity index (χ4n) is 3.38. The third-order valence-corrected chi connectivity index (χ3v) is 5.59. The van der Waals surface area contributed by atoms with E-state index in [1.807, 2.05) is 12.3 Å². The second-order valence-electron chi connectivity index (χ2n) is 6.53. The first-order valence-electron chi connectivity index (χ1n) is 9.12. The molecule has 0 spiro atoms. The number of ether oxygens (including phenoxy) is 1. The summed E-state index contributed by atoms with van der Waals surface area (Å²) in [5, 5.41) is 4.04. The number of esters is 1. The zero-order valence-corrected chi connectivity index (χ0v) is 16.1. The molecule has 0 saturated carbocycles. The van der Waals surface area contributed by atoms with Crippen molar-refractivity contribution in [1.29, 1.82) is 0 Å². The number of aromatic nitrogens is 1. The van der Waals surface area contributed by atoms with Crippen LogP contribution in [0.5, 0.6) is 0 Å². The summed E-state index contributed by atoms with van der Waals surface area (Å²) in [5.41, 5.74) is 0. The minimum Gasteiger partial charge on any atom is -0.466 e. The summed E-state index contributed by atoms with van der Waals surface area (Å²) in [6.45, 7) is 6.14. The molecule has 6 nitrogen and oxygen atoms in total. The Bertz CT molecular complexity index is 789. The molecule has 0 aliphatic carbocycles. The Kier molecular flexibility index (Phi) is 6.08. The van der Waals surface area contributed by atoms with Crippen LogP contribution in [0.1, 0.15) is 31.1 Å². The van der Waals surface area contributed by atoms with Gasteiger partial charge < -0.3 is 15.0 Å². The number of amides is 1. The molecule has 1 unspecified atom stereocenters. The highest BCUT2D eigenvalue weighted by Crippen LogP contribution is 2.33. The van der Waals surface area contributed by atoms with Gasteiger partial charge in [-0.3, -0.25) is 9.59 Å². The number of hydrogen-bond acceptors (Lipinski definition) is 6. The van der Waals surface area contributed by atoms with E-state index in [0.717, 1.165) is 25.2 Å². The number of pyridine rings is 1. The molecule has 0 aromatic carbocycles. The van der Waals surface area contributed by atoms with Gasteiger partial charge >= 0.3 is 5.97 Å². The highest BCUT2D eigenvalue weighted by Gasteiger charge is 2.27. The number of nitrogens with one attached hydrogen (secondary N) is 1. The van der Waals surface area contributed by atoms with Gasteiger partial charge in [0.1, 0.15) is 5.82 Å². The third-order valence-electron chi connectivity index (χ3n) is 4.57. The molecular weight excluding hydrogens is 350 g/mol. The molecule has 26 heavy (non-hydrogen) atoms. The first kappa shape index (κ1) is 18.6. The number of thiophene rings is 1. The molecule has 1 saturated heterocycles. The molecule has 0 radical (unpaired) electrons. The van der Waals surface area contributed by atoms with Gasteiger partial charge in [0.15, 0.2) is 0 Å². The van der Waals surface area contributed by atoms with Crippen LogP contribution in [-0.4, -0.2) is 43.1 Å². The van der Waals surface area contributed by atoms with Crippen molar-refractivity contribution in [3.63, 3.8) is 0 Å². The molecule has 1 aliphatic heterocycles. The Balaban J connectivity index is 1.61. The third kappa shape index (κ3) is 4.33. The molecule has 1 fully saturated rings. The fourth-order valence-corrected chi connectivity index (χ4v) is 4.29. The molecule has 1 N–H and O–H groups in total. The first-order valence-corrected chi connectivity index (χ1v) is 9.93. The van der Waals surface area contributed by atoms with Gasteiger partial charge in [-0.2, -0.15) is 0 Å². The van der Waals surface area contributed by atoms with E-state index in [4.69, 9.17) is 4.74 Å². The fraction of sp³-hybridized carbons (Fsp3) is 0.526. The number of rotatable bonds is 6. The van der Waals surface area contributed by atoms with Crippen LogP contribution >= 0.6 is 11.3 Å². The average molecular weight is 375 g/mol. The van der Waals surface area contributed by atoms with Gasteiger partial charge in [-0.25, -0.2) is 4.98 Å². The summed E-state index contributed by atoms with van der Waals surface area (Å²) in [6, 6.07) is 4.21. The summed E-state index contributed by atoms with van der Waals surface area (Å²) in [7, 11) is 0. The van der Waals surface area contributed by atoms with Gasteiger partial charge in [0.05, 0.1) is 18.9 Å². The van der Waals surface area contributed by atoms with Gasteiger partial charge in [0.2, 0.25) is 5.91 Å². The molecule has 140 valence electrons. The number of carbonyl (C=O) groups excluding carboxylic acids is 2. The molecular formula is C19H25N3O3S. The normalized spacial score (nSPS) is 17.3. The summed E-state index contributed by atoms with van der Waals surface area (Å²) in [5.74, 6) is 0.619. The Morgan fingerprint density at radius 1 is 1.46 bits per heavy atom. The lowest BCUT2D eigenvalue weighted by molar-refractivity contribution is -0.143. The number of nitrogens with zero attached hydrogens (tertiary/aromatic N) is 2. The number of carbonyl (C=O) groups is 2. The summed E-state index contributed by atoms with van der Waals surface area (Å²) < 4.78 is 6.11. The Labute approximate surface area is 157 Å². The number of hydrogen-bond donors (Lipinski definition) is 1. The molecule has 3 rings (SSSR count). The van der Waals surface area contributed by atoms with Crippen molar-refractivity contribution in [2.45, 2.75) is 33.1 Å². The van der Waals surface area contributed by atoms with Crippen LogP contribution in [0.2, 0.25) is 0 Å². The van der Waals surface area contributed by atoms with Crippen molar-refractivity contribution >= 4 is 39.1 Å². The van der Waals surface area contributed by atoms with Crippen molar-refractivity contribution in [1.82, 2.24) is 10.3 Å². The lowest BCUT2D eigenvalue weighted by Gasteiger charge is -2.33. The van der Waals surface area contributed by atoms with Crippen LogP contribution in [0, 0.1) is 12.8 Å². The summed E-state index contributed by atoms with van der Waals surface area (Å²) in [4.78, 5) is 31.9. The van der Waals surface area contributed by atoms with Crippen molar-refractivity contribution in [2.75, 3.05) is 31.1 Å². The average Bonchev–Trinajstić information content (AvgIpc) is 3.02. The predicted octanol–water partition coefficient (Wildman–Crippen LogP) is 2.89. The van der Waals surface area contributed by atoms with E-state index in [0.29, 0.717) is 19.7 Å². The largest absolute Gasteiger partial charge is 0.466 e. The van der Waals surface area contributed by atoms with E-state index < -0.39 is 0 Å². The minimum absolute atomic E-state index is 0.00710. The number of anilines is 1. The molecule has 7 heteroatoms. The lowest BCUT2D eigenvalue weighted by atomic mass is 9.97. The number of fused-ring (bicyclic) bond motifs is 1. The Morgan fingerprint density at radius 2 is 2.31 bits per heavy atom. The highest BCUT2D eigenvalue weighted by molar-refractivity contribution is 7.19. The van der Waals surface area contributed by atoms with Crippen molar-refractivity contribution in [2.24, 2.45) is 5.92 Å². The quantitative estimate of drug-likeness (QED) is 0.786. The molecule has 2 aromatic heterocycles. The van der Waals surface area contributed by atoms with Gasteiger partial charge in [-0.05, 0) is 38.8 Å². The van der Waals surface area contributed by atoms with Crippen molar-refractivity contribution in [3.05, 3.63) is 23.2 Å². The van der Waals surface area contributed by atoms with Crippen molar-refractivity contribution in [3.8, 4) is 0 Å². The SMILES string of the molecule is CCOC(=O)CCNC(=O)C1CCCN(c2nccc3sc(C)cc23)C1. The van der Waals surface area contributed by atoms with Crippen LogP contribution in [0.25, 0.3) is 10.1 Å². The number of aryl methyl sites for hydroxylation is 1. The molecule has 3 heterocycles. The van der Waals surface area contributed by atoms with E-state index in [-0.39, 0.29) is 24.2 Å². The van der Waals surface area contributed by atoms with Gasteiger partial charge in [0, 0.05) is 40.8 Å². The predicted molar refractivity (Wildman–Crippen MR) is 104 cm³/mol. The first-order chi connectivity index (χ1) is 12.6. The van der Waals surface area contributed by atoms with E-state index >= 15 is 0 Å².